The summed E-state index contributed by atoms with van der Waals surface area (Å²) in [5, 5.41) is 9.91. The molecule has 16 heavy (non-hydrogen) atoms. The number of benzene rings is 1. The molecule has 1 aromatic carbocycles. The summed E-state index contributed by atoms with van der Waals surface area (Å²) in [5.74, 6) is 0.0623. The van der Waals surface area contributed by atoms with Gasteiger partial charge in [0.2, 0.25) is 0 Å². The van der Waals surface area contributed by atoms with Gasteiger partial charge in [-0.25, -0.2) is 4.39 Å². The van der Waals surface area contributed by atoms with Crippen LogP contribution in [0.5, 0.6) is 0 Å². The molecule has 2 rings (SSSR count). The van der Waals surface area contributed by atoms with Crippen molar-refractivity contribution in [3.05, 3.63) is 34.6 Å². The van der Waals surface area contributed by atoms with Gasteiger partial charge >= 0.3 is 0 Å². The van der Waals surface area contributed by atoms with Crippen molar-refractivity contribution in [2.24, 2.45) is 0 Å². The van der Waals surface area contributed by atoms with Gasteiger partial charge in [0.25, 0.3) is 0 Å². The lowest BCUT2D eigenvalue weighted by molar-refractivity contribution is 0.150. The van der Waals surface area contributed by atoms with E-state index in [1.165, 1.54) is 0 Å². The minimum Gasteiger partial charge on any atom is -0.390 e. The standard InChI is InChI=1S/C14H19FO/c1-9(2)12-7-11(8-14(16)4-5-14)10(3)6-13(12)15/h6-7,9,16H,4-5,8H2,1-3H3. The fourth-order valence-corrected chi connectivity index (χ4v) is 2.05. The normalized spacial score (nSPS) is 17.9. The Hall–Kier alpha value is -0.890. The van der Waals surface area contributed by atoms with Crippen molar-refractivity contribution in [2.45, 2.75) is 51.6 Å². The van der Waals surface area contributed by atoms with Crippen molar-refractivity contribution in [3.8, 4) is 0 Å². The molecule has 2 heteroatoms. The van der Waals surface area contributed by atoms with Crippen LogP contribution in [0, 0.1) is 12.7 Å². The Morgan fingerprint density at radius 1 is 1.38 bits per heavy atom. The van der Waals surface area contributed by atoms with Crippen LogP contribution in [0.2, 0.25) is 0 Å². The Morgan fingerprint density at radius 2 is 2.00 bits per heavy atom. The quantitative estimate of drug-likeness (QED) is 0.831. The van der Waals surface area contributed by atoms with Gasteiger partial charge in [0, 0.05) is 6.42 Å². The van der Waals surface area contributed by atoms with Gasteiger partial charge in [0.15, 0.2) is 0 Å². The summed E-state index contributed by atoms with van der Waals surface area (Å²) in [5.41, 5.74) is 2.29. The number of aryl methyl sites for hydroxylation is 1. The van der Waals surface area contributed by atoms with Gasteiger partial charge in [-0.3, -0.25) is 0 Å². The zero-order valence-corrected chi connectivity index (χ0v) is 10.2. The highest BCUT2D eigenvalue weighted by atomic mass is 19.1. The molecule has 0 bridgehead atoms. The van der Waals surface area contributed by atoms with Crippen molar-refractivity contribution >= 4 is 0 Å². The summed E-state index contributed by atoms with van der Waals surface area (Å²) < 4.78 is 13.7. The van der Waals surface area contributed by atoms with Gasteiger partial charge in [-0.1, -0.05) is 19.9 Å². The van der Waals surface area contributed by atoms with E-state index in [0.717, 1.165) is 29.5 Å². The van der Waals surface area contributed by atoms with E-state index < -0.39 is 5.60 Å². The smallest absolute Gasteiger partial charge is 0.126 e. The first kappa shape index (κ1) is 11.6. The molecule has 0 aliphatic heterocycles. The molecule has 1 saturated carbocycles. The average molecular weight is 222 g/mol. The van der Waals surface area contributed by atoms with Crippen LogP contribution in [0.4, 0.5) is 4.39 Å². The molecule has 1 aromatic rings. The third kappa shape index (κ3) is 2.27. The molecular weight excluding hydrogens is 203 g/mol. The summed E-state index contributed by atoms with van der Waals surface area (Å²) in [6.45, 7) is 5.89. The summed E-state index contributed by atoms with van der Waals surface area (Å²) in [4.78, 5) is 0. The Labute approximate surface area is 96.3 Å². The molecule has 0 amide bonds. The molecule has 0 atom stereocenters. The first-order valence-corrected chi connectivity index (χ1v) is 5.92. The zero-order chi connectivity index (χ0) is 11.9. The van der Waals surface area contributed by atoms with E-state index in [0.29, 0.717) is 6.42 Å². The first-order chi connectivity index (χ1) is 7.41. The molecule has 1 fully saturated rings. The van der Waals surface area contributed by atoms with E-state index in [-0.39, 0.29) is 11.7 Å². The van der Waals surface area contributed by atoms with Crippen molar-refractivity contribution < 1.29 is 9.50 Å². The summed E-state index contributed by atoms with van der Waals surface area (Å²) >= 11 is 0. The Kier molecular flexibility index (Phi) is 2.79. The lowest BCUT2D eigenvalue weighted by Crippen LogP contribution is -2.12. The van der Waals surface area contributed by atoms with E-state index in [1.807, 2.05) is 26.8 Å². The van der Waals surface area contributed by atoms with E-state index in [2.05, 4.69) is 0 Å². The van der Waals surface area contributed by atoms with Crippen LogP contribution in [0.25, 0.3) is 0 Å². The van der Waals surface area contributed by atoms with Crippen LogP contribution < -0.4 is 0 Å². The molecular formula is C14H19FO. The van der Waals surface area contributed by atoms with Crippen molar-refractivity contribution in [3.63, 3.8) is 0 Å². The molecule has 0 unspecified atom stereocenters. The van der Waals surface area contributed by atoms with E-state index in [9.17, 15) is 9.50 Å². The molecule has 0 aromatic heterocycles. The van der Waals surface area contributed by atoms with Gasteiger partial charge in [0.1, 0.15) is 5.82 Å². The molecule has 1 N–H and O–H groups in total. The van der Waals surface area contributed by atoms with E-state index in [4.69, 9.17) is 0 Å². The topological polar surface area (TPSA) is 20.2 Å². The highest BCUT2D eigenvalue weighted by molar-refractivity contribution is 5.35. The van der Waals surface area contributed by atoms with Crippen molar-refractivity contribution in [2.75, 3.05) is 0 Å². The van der Waals surface area contributed by atoms with Crippen LogP contribution in [-0.4, -0.2) is 10.7 Å². The van der Waals surface area contributed by atoms with Crippen molar-refractivity contribution in [1.82, 2.24) is 0 Å². The van der Waals surface area contributed by atoms with Crippen LogP contribution in [0.1, 0.15) is 49.3 Å². The lowest BCUT2D eigenvalue weighted by atomic mass is 9.94. The number of hydrogen-bond donors (Lipinski definition) is 1. The maximum absolute atomic E-state index is 13.7. The Morgan fingerprint density at radius 3 is 2.50 bits per heavy atom. The van der Waals surface area contributed by atoms with Gasteiger partial charge in [-0.2, -0.15) is 0 Å². The van der Waals surface area contributed by atoms with Crippen molar-refractivity contribution in [1.29, 1.82) is 0 Å². The van der Waals surface area contributed by atoms with E-state index >= 15 is 0 Å². The molecule has 0 spiro atoms. The zero-order valence-electron chi connectivity index (χ0n) is 10.2. The van der Waals surface area contributed by atoms with Crippen LogP contribution in [0.3, 0.4) is 0 Å². The fraction of sp³-hybridized carbons (Fsp3) is 0.571. The van der Waals surface area contributed by atoms with Gasteiger partial charge < -0.3 is 5.11 Å². The first-order valence-electron chi connectivity index (χ1n) is 5.92. The minimum atomic E-state index is -0.503. The predicted molar refractivity (Wildman–Crippen MR) is 63.1 cm³/mol. The predicted octanol–water partition coefficient (Wildman–Crippen LogP) is 3.32. The minimum absolute atomic E-state index is 0.126. The molecule has 1 nitrogen and oxygen atoms in total. The number of hydrogen-bond acceptors (Lipinski definition) is 1. The highest BCUT2D eigenvalue weighted by Crippen LogP contribution is 2.39. The molecule has 88 valence electrons. The van der Waals surface area contributed by atoms with E-state index in [1.54, 1.807) is 6.07 Å². The lowest BCUT2D eigenvalue weighted by Gasteiger charge is -2.15. The largest absolute Gasteiger partial charge is 0.390 e. The molecule has 1 aliphatic carbocycles. The Balaban J connectivity index is 2.33. The van der Waals surface area contributed by atoms with Gasteiger partial charge in [-0.15, -0.1) is 0 Å². The highest BCUT2D eigenvalue weighted by Gasteiger charge is 2.40. The average Bonchev–Trinajstić information content (AvgIpc) is 2.88. The number of rotatable bonds is 3. The molecule has 0 radical (unpaired) electrons. The van der Waals surface area contributed by atoms with Crippen LogP contribution in [0.15, 0.2) is 12.1 Å². The van der Waals surface area contributed by atoms with Gasteiger partial charge in [-0.05, 0) is 48.4 Å². The number of aliphatic hydroxyl groups is 1. The number of halogens is 1. The summed E-state index contributed by atoms with van der Waals surface area (Å²) in [6.07, 6.45) is 2.42. The third-order valence-corrected chi connectivity index (χ3v) is 3.42. The maximum Gasteiger partial charge on any atom is 0.126 e. The second-order valence-electron chi connectivity index (χ2n) is 5.36. The fourth-order valence-electron chi connectivity index (χ4n) is 2.05. The maximum atomic E-state index is 13.7. The van der Waals surface area contributed by atoms with Crippen LogP contribution in [-0.2, 0) is 6.42 Å². The van der Waals surface area contributed by atoms with Gasteiger partial charge in [0.05, 0.1) is 5.60 Å². The van der Waals surface area contributed by atoms with Crippen LogP contribution >= 0.6 is 0 Å². The molecule has 0 heterocycles. The second-order valence-corrected chi connectivity index (χ2v) is 5.36. The molecule has 0 saturated heterocycles. The monoisotopic (exact) mass is 222 g/mol. The second kappa shape index (κ2) is 3.85. The third-order valence-electron chi connectivity index (χ3n) is 3.42. The molecule has 1 aliphatic rings. The Bertz CT molecular complexity index is 405. The summed E-state index contributed by atoms with van der Waals surface area (Å²) in [6, 6.07) is 3.52. The summed E-state index contributed by atoms with van der Waals surface area (Å²) in [7, 11) is 0. The SMILES string of the molecule is Cc1cc(F)c(C(C)C)cc1CC1(O)CC1.